The molecule has 4 aromatic carbocycles. The third-order valence-corrected chi connectivity index (χ3v) is 11.9. The molecule has 5 aromatic rings. The summed E-state index contributed by atoms with van der Waals surface area (Å²) >= 11 is 1.64. The molecule has 52 heavy (non-hydrogen) atoms. The Morgan fingerprint density at radius 1 is 0.904 bits per heavy atom. The Bertz CT molecular complexity index is 2020. The summed E-state index contributed by atoms with van der Waals surface area (Å²) in [5.41, 5.74) is 5.28. The fourth-order valence-electron chi connectivity index (χ4n) is 6.07. The molecule has 10 nitrogen and oxygen atoms in total. The molecule has 1 aliphatic rings. The van der Waals surface area contributed by atoms with Crippen LogP contribution in [0.1, 0.15) is 52.7 Å². The number of benzene rings is 4. The molecule has 0 radical (unpaired) electrons. The van der Waals surface area contributed by atoms with Crippen LogP contribution in [-0.2, 0) is 50.9 Å². The number of aryl methyl sites for hydroxylation is 2. The summed E-state index contributed by atoms with van der Waals surface area (Å²) in [7, 11) is -1.99. The van der Waals surface area contributed by atoms with Crippen molar-refractivity contribution in [1.82, 2.24) is 19.6 Å². The molecule has 1 aromatic heterocycles. The van der Waals surface area contributed by atoms with Crippen molar-refractivity contribution in [3.8, 4) is 0 Å². The Morgan fingerprint density at radius 3 is 2.23 bits per heavy atom. The zero-order valence-electron chi connectivity index (χ0n) is 29.4. The van der Waals surface area contributed by atoms with Gasteiger partial charge in [-0.05, 0) is 47.7 Å². The molecule has 3 N–H and O–H groups in total. The zero-order valence-corrected chi connectivity index (χ0v) is 31.0. The Labute approximate surface area is 309 Å². The second-order valence-corrected chi connectivity index (χ2v) is 15.8. The van der Waals surface area contributed by atoms with E-state index in [-0.39, 0.29) is 42.6 Å². The minimum absolute atomic E-state index is 0.0282. The summed E-state index contributed by atoms with van der Waals surface area (Å²) in [6.07, 6.45) is 2.86. The number of carbonyl (C=O) groups is 1. The third kappa shape index (κ3) is 9.37. The van der Waals surface area contributed by atoms with Gasteiger partial charge in [0.25, 0.3) is 0 Å². The van der Waals surface area contributed by atoms with Crippen molar-refractivity contribution in [2.75, 3.05) is 5.75 Å². The van der Waals surface area contributed by atoms with Gasteiger partial charge in [0.2, 0.25) is 15.9 Å². The quantitative estimate of drug-likeness (QED) is 0.118. The summed E-state index contributed by atoms with van der Waals surface area (Å²) in [4.78, 5) is 18.1. The fraction of sp³-hybridized carbons (Fsp3) is 0.300. The number of sulfonamides is 1. The molecule has 0 spiro atoms. The fourth-order valence-corrected chi connectivity index (χ4v) is 8.36. The molecule has 0 unspecified atom stereocenters. The van der Waals surface area contributed by atoms with Gasteiger partial charge >= 0.3 is 0 Å². The number of carbonyl (C=O) groups excluding carboxylic acids is 1. The highest BCUT2D eigenvalue weighted by molar-refractivity contribution is 7.99. The van der Waals surface area contributed by atoms with E-state index in [1.807, 2.05) is 104 Å². The van der Waals surface area contributed by atoms with Gasteiger partial charge in [-0.3, -0.25) is 4.79 Å². The van der Waals surface area contributed by atoms with E-state index in [4.69, 9.17) is 9.47 Å². The van der Waals surface area contributed by atoms with Crippen LogP contribution in [0.5, 0.6) is 0 Å². The Kier molecular flexibility index (Phi) is 12.3. The average Bonchev–Trinajstić information content (AvgIpc) is 3.58. The van der Waals surface area contributed by atoms with Gasteiger partial charge in [0.15, 0.2) is 11.4 Å². The highest BCUT2D eigenvalue weighted by Gasteiger charge is 2.38. The summed E-state index contributed by atoms with van der Waals surface area (Å²) in [6, 6.07) is 30.3. The summed E-state index contributed by atoms with van der Waals surface area (Å²) in [5.74, 6) is 0.282. The molecular formula is C40H44N4O6S2. The zero-order chi connectivity index (χ0) is 36.7. The Balaban J connectivity index is 1.15. The second-order valence-electron chi connectivity index (χ2n) is 13.1. The summed E-state index contributed by atoms with van der Waals surface area (Å²) in [6.45, 7) is 4.18. The van der Waals surface area contributed by atoms with Gasteiger partial charge in [-0.25, -0.2) is 13.4 Å². The lowest BCUT2D eigenvalue weighted by Gasteiger charge is -2.41. The molecule has 5 atom stereocenters. The summed E-state index contributed by atoms with van der Waals surface area (Å²) in [5, 5.41) is 13.4. The molecule has 1 amide bonds. The van der Waals surface area contributed by atoms with Gasteiger partial charge in [0.1, 0.15) is 6.04 Å². The maximum absolute atomic E-state index is 13.5. The number of hydrogen-bond donors (Lipinski definition) is 3. The van der Waals surface area contributed by atoms with Crippen LogP contribution in [0.25, 0.3) is 0 Å². The van der Waals surface area contributed by atoms with Crippen LogP contribution >= 0.6 is 11.8 Å². The standard InChI is InChI=1S/C40H44N4O6S2/c1-27-9-19-34(20-10-27)52(47,48)43-35(23-29-7-5-4-6-8-29)38(46)42-24-30-11-17-33(18-12-30)39-49-36(26-51-40-41-21-22-44(40)3)28(2)37(50-39)32-15-13-31(25-45)14-16-32/h4-22,28,35-37,39,43,45H,23-26H2,1-3H3,(H,42,46)/t28-,35-,36+,37+,39+/m1/s1. The number of hydrogen-bond acceptors (Lipinski definition) is 8. The van der Waals surface area contributed by atoms with Crippen molar-refractivity contribution in [2.45, 2.75) is 68.0 Å². The van der Waals surface area contributed by atoms with Gasteiger partial charge in [-0.2, -0.15) is 4.72 Å². The lowest BCUT2D eigenvalue weighted by molar-refractivity contribution is -0.268. The number of aliphatic hydroxyl groups is 1. The van der Waals surface area contributed by atoms with Crippen LogP contribution < -0.4 is 10.0 Å². The van der Waals surface area contributed by atoms with Gasteiger partial charge in [-0.15, -0.1) is 0 Å². The van der Waals surface area contributed by atoms with E-state index in [0.29, 0.717) is 5.75 Å². The van der Waals surface area contributed by atoms with Crippen LogP contribution in [0.4, 0.5) is 0 Å². The number of nitrogens with one attached hydrogen (secondary N) is 2. The van der Waals surface area contributed by atoms with E-state index in [1.54, 1.807) is 30.1 Å². The van der Waals surface area contributed by atoms with Crippen LogP contribution in [0.3, 0.4) is 0 Å². The van der Waals surface area contributed by atoms with E-state index in [1.165, 1.54) is 12.1 Å². The molecule has 1 fully saturated rings. The number of nitrogens with zero attached hydrogens (tertiary/aromatic N) is 2. The van der Waals surface area contributed by atoms with E-state index >= 15 is 0 Å². The highest BCUT2D eigenvalue weighted by Crippen LogP contribution is 2.43. The van der Waals surface area contributed by atoms with Crippen molar-refractivity contribution < 1.29 is 27.8 Å². The van der Waals surface area contributed by atoms with Gasteiger partial charge in [0.05, 0.1) is 23.7 Å². The number of imidazole rings is 1. The van der Waals surface area contributed by atoms with E-state index in [0.717, 1.165) is 38.5 Å². The maximum atomic E-state index is 13.5. The van der Waals surface area contributed by atoms with Crippen molar-refractivity contribution in [1.29, 1.82) is 0 Å². The number of aromatic nitrogens is 2. The monoisotopic (exact) mass is 740 g/mol. The SMILES string of the molecule is Cc1ccc(S(=O)(=O)N[C@H](Cc2ccccc2)C(=O)NCc2ccc([C@H]3O[C@@H](CSc4nccn4C)[C@@H](C)[C@@H](c4ccc(CO)cc4)O3)cc2)cc1. The highest BCUT2D eigenvalue weighted by atomic mass is 32.2. The lowest BCUT2D eigenvalue weighted by atomic mass is 9.91. The number of rotatable bonds is 14. The summed E-state index contributed by atoms with van der Waals surface area (Å²) < 4.78 is 44.4. The maximum Gasteiger partial charge on any atom is 0.241 e. The minimum Gasteiger partial charge on any atom is -0.392 e. The van der Waals surface area contributed by atoms with Gasteiger partial charge < -0.3 is 24.5 Å². The first-order valence-corrected chi connectivity index (χ1v) is 19.7. The topological polar surface area (TPSA) is 132 Å². The predicted octanol–water partition coefficient (Wildman–Crippen LogP) is 6.01. The van der Waals surface area contributed by atoms with Crippen LogP contribution in [0.15, 0.2) is 126 Å². The van der Waals surface area contributed by atoms with Gasteiger partial charge in [0, 0.05) is 43.2 Å². The van der Waals surface area contributed by atoms with E-state index in [2.05, 4.69) is 21.9 Å². The van der Waals surface area contributed by atoms with Crippen molar-refractivity contribution in [3.63, 3.8) is 0 Å². The molecule has 272 valence electrons. The van der Waals surface area contributed by atoms with Crippen molar-refractivity contribution >= 4 is 27.7 Å². The largest absolute Gasteiger partial charge is 0.392 e. The molecule has 0 aliphatic carbocycles. The molecule has 12 heteroatoms. The number of ether oxygens (including phenoxy) is 2. The predicted molar refractivity (Wildman–Crippen MR) is 201 cm³/mol. The smallest absolute Gasteiger partial charge is 0.241 e. The first-order chi connectivity index (χ1) is 25.1. The molecule has 6 rings (SSSR count). The first-order valence-electron chi connectivity index (χ1n) is 17.2. The van der Waals surface area contributed by atoms with Crippen molar-refractivity contribution in [3.05, 3.63) is 149 Å². The Morgan fingerprint density at radius 2 is 1.58 bits per heavy atom. The normalized spacial score (nSPS) is 19.6. The van der Waals surface area contributed by atoms with E-state index < -0.39 is 28.3 Å². The van der Waals surface area contributed by atoms with Gasteiger partial charge in [-0.1, -0.05) is 115 Å². The number of aliphatic hydroxyl groups excluding tert-OH is 1. The molecule has 0 bridgehead atoms. The Hall–Kier alpha value is -4.30. The van der Waals surface area contributed by atoms with Crippen molar-refractivity contribution in [2.24, 2.45) is 13.0 Å². The molecule has 1 saturated heterocycles. The number of amides is 1. The molecule has 0 saturated carbocycles. The minimum atomic E-state index is -3.95. The molecule has 2 heterocycles. The first kappa shape index (κ1) is 37.5. The lowest BCUT2D eigenvalue weighted by Crippen LogP contribution is -2.47. The third-order valence-electron chi connectivity index (χ3n) is 9.22. The number of thioether (sulfide) groups is 1. The van der Waals surface area contributed by atoms with E-state index in [9.17, 15) is 18.3 Å². The molecular weight excluding hydrogens is 697 g/mol. The van der Waals surface area contributed by atoms with Crippen LogP contribution in [-0.4, -0.2) is 46.9 Å². The average molecular weight is 741 g/mol. The second kappa shape index (κ2) is 17.0. The molecule has 1 aliphatic heterocycles. The van der Waals surface area contributed by atoms with Crippen LogP contribution in [0, 0.1) is 12.8 Å². The van der Waals surface area contributed by atoms with Crippen LogP contribution in [0.2, 0.25) is 0 Å².